The van der Waals surface area contributed by atoms with E-state index in [1.54, 1.807) is 17.0 Å². The fourth-order valence-corrected chi connectivity index (χ4v) is 3.73. The Balaban J connectivity index is 1.57. The predicted molar refractivity (Wildman–Crippen MR) is 112 cm³/mol. The van der Waals surface area contributed by atoms with Crippen molar-refractivity contribution in [1.29, 1.82) is 0 Å². The number of nitrogens with zero attached hydrogens (tertiary/aromatic N) is 4. The first-order chi connectivity index (χ1) is 14.0. The fraction of sp³-hybridized carbons (Fsp3) is 0.500. The second kappa shape index (κ2) is 9.78. The zero-order valence-corrected chi connectivity index (χ0v) is 17.5. The van der Waals surface area contributed by atoms with Crippen LogP contribution in [0.25, 0.3) is 0 Å². The summed E-state index contributed by atoms with van der Waals surface area (Å²) in [7, 11) is 5.75. The molecule has 1 aliphatic heterocycles. The largest absolute Gasteiger partial charge is 0.373 e. The second-order valence-corrected chi connectivity index (χ2v) is 7.72. The molecule has 1 atom stereocenters. The van der Waals surface area contributed by atoms with Gasteiger partial charge in [0.2, 0.25) is 5.91 Å². The van der Waals surface area contributed by atoms with E-state index in [2.05, 4.69) is 22.2 Å². The number of halogens is 1. The van der Waals surface area contributed by atoms with Crippen LogP contribution < -0.4 is 5.32 Å². The van der Waals surface area contributed by atoms with Crippen molar-refractivity contribution >= 4 is 11.7 Å². The molecule has 1 aromatic carbocycles. The number of amides is 1. The van der Waals surface area contributed by atoms with Gasteiger partial charge in [0, 0.05) is 26.6 Å². The van der Waals surface area contributed by atoms with E-state index in [-0.39, 0.29) is 17.8 Å². The normalized spacial score (nSPS) is 16.8. The molecule has 0 spiro atoms. The molecule has 1 aliphatic rings. The highest BCUT2D eigenvalue weighted by molar-refractivity contribution is 5.75. The van der Waals surface area contributed by atoms with E-state index in [0.29, 0.717) is 13.0 Å². The monoisotopic (exact) mass is 399 g/mol. The van der Waals surface area contributed by atoms with Gasteiger partial charge in [0.25, 0.3) is 0 Å². The third-order valence-corrected chi connectivity index (χ3v) is 5.47. The van der Waals surface area contributed by atoms with Crippen molar-refractivity contribution in [2.45, 2.75) is 44.7 Å². The maximum Gasteiger partial charge on any atom is 0.222 e. The van der Waals surface area contributed by atoms with E-state index in [0.717, 1.165) is 55.1 Å². The average molecular weight is 400 g/mol. The molecule has 0 aliphatic carbocycles. The van der Waals surface area contributed by atoms with Gasteiger partial charge in [0.15, 0.2) is 0 Å². The van der Waals surface area contributed by atoms with Crippen LogP contribution in [0.1, 0.15) is 48.8 Å². The van der Waals surface area contributed by atoms with Gasteiger partial charge < -0.3 is 10.2 Å². The van der Waals surface area contributed by atoms with Gasteiger partial charge in [-0.25, -0.2) is 14.4 Å². The first-order valence-electron chi connectivity index (χ1n) is 10.2. The maximum absolute atomic E-state index is 13.0. The van der Waals surface area contributed by atoms with Crippen LogP contribution in [0, 0.1) is 5.82 Å². The first kappa shape index (κ1) is 21.2. The lowest BCUT2D eigenvalue weighted by molar-refractivity contribution is -0.130. The summed E-state index contributed by atoms with van der Waals surface area (Å²) in [5.41, 5.74) is 1.88. The van der Waals surface area contributed by atoms with Crippen LogP contribution in [0.2, 0.25) is 0 Å². The summed E-state index contributed by atoms with van der Waals surface area (Å²) in [5, 5.41) is 3.11. The molecule has 0 bridgehead atoms. The average Bonchev–Trinajstić information content (AvgIpc) is 3.15. The van der Waals surface area contributed by atoms with E-state index >= 15 is 0 Å². The van der Waals surface area contributed by atoms with Crippen molar-refractivity contribution in [3.63, 3.8) is 0 Å². The number of likely N-dealkylation sites (tertiary alicyclic amines) is 1. The van der Waals surface area contributed by atoms with E-state index in [4.69, 9.17) is 4.98 Å². The number of hydrogen-bond donors (Lipinski definition) is 1. The minimum Gasteiger partial charge on any atom is -0.373 e. The van der Waals surface area contributed by atoms with Crippen LogP contribution >= 0.6 is 0 Å². The summed E-state index contributed by atoms with van der Waals surface area (Å²) in [6.07, 6.45) is 4.15. The van der Waals surface area contributed by atoms with Gasteiger partial charge in [-0.05, 0) is 57.0 Å². The molecular weight excluding hydrogens is 369 g/mol. The summed E-state index contributed by atoms with van der Waals surface area (Å²) in [6.45, 7) is 1.51. The SMILES string of the molecule is CNc1cc(CN(C)C(=O)CCCc2ccc(F)cc2)nc(C2CCCN2C)n1. The van der Waals surface area contributed by atoms with Crippen molar-refractivity contribution < 1.29 is 9.18 Å². The summed E-state index contributed by atoms with van der Waals surface area (Å²) in [6, 6.07) is 8.59. The Labute approximate surface area is 172 Å². The first-order valence-corrected chi connectivity index (χ1v) is 10.2. The molecule has 2 heterocycles. The number of aryl methyl sites for hydroxylation is 1. The number of benzene rings is 1. The van der Waals surface area contributed by atoms with E-state index in [1.807, 2.05) is 20.2 Å². The van der Waals surface area contributed by atoms with E-state index < -0.39 is 0 Å². The molecule has 29 heavy (non-hydrogen) atoms. The highest BCUT2D eigenvalue weighted by Gasteiger charge is 2.26. The molecule has 1 unspecified atom stereocenters. The molecule has 6 nitrogen and oxygen atoms in total. The smallest absolute Gasteiger partial charge is 0.222 e. The second-order valence-electron chi connectivity index (χ2n) is 7.72. The number of carbonyl (C=O) groups is 1. The summed E-state index contributed by atoms with van der Waals surface area (Å²) in [5.74, 6) is 1.45. The summed E-state index contributed by atoms with van der Waals surface area (Å²) < 4.78 is 13.0. The van der Waals surface area contributed by atoms with E-state index in [1.165, 1.54) is 12.1 Å². The maximum atomic E-state index is 13.0. The van der Waals surface area contributed by atoms with Crippen LogP contribution in [-0.4, -0.2) is 53.4 Å². The van der Waals surface area contributed by atoms with Gasteiger partial charge in [0.05, 0.1) is 18.3 Å². The Kier molecular flexibility index (Phi) is 7.14. The van der Waals surface area contributed by atoms with Crippen LogP contribution in [-0.2, 0) is 17.8 Å². The highest BCUT2D eigenvalue weighted by Crippen LogP contribution is 2.29. The summed E-state index contributed by atoms with van der Waals surface area (Å²) in [4.78, 5) is 25.9. The van der Waals surface area contributed by atoms with E-state index in [9.17, 15) is 9.18 Å². The quantitative estimate of drug-likeness (QED) is 0.737. The van der Waals surface area contributed by atoms with Crippen LogP contribution in [0.3, 0.4) is 0 Å². The van der Waals surface area contributed by atoms with Crippen molar-refractivity contribution in [3.8, 4) is 0 Å². The van der Waals surface area contributed by atoms with Gasteiger partial charge >= 0.3 is 0 Å². The van der Waals surface area contributed by atoms with Gasteiger partial charge in [-0.15, -0.1) is 0 Å². The Morgan fingerprint density at radius 3 is 2.72 bits per heavy atom. The minimum atomic E-state index is -0.237. The van der Waals surface area contributed by atoms with Gasteiger partial charge in [-0.2, -0.15) is 0 Å². The fourth-order valence-electron chi connectivity index (χ4n) is 3.73. The number of carbonyl (C=O) groups excluding carboxylic acids is 1. The van der Waals surface area contributed by atoms with Gasteiger partial charge in [-0.1, -0.05) is 12.1 Å². The third-order valence-electron chi connectivity index (χ3n) is 5.47. The lowest BCUT2D eigenvalue weighted by Gasteiger charge is -2.21. The lowest BCUT2D eigenvalue weighted by Crippen LogP contribution is -2.27. The van der Waals surface area contributed by atoms with Crippen LogP contribution in [0.5, 0.6) is 0 Å². The van der Waals surface area contributed by atoms with Crippen LogP contribution in [0.4, 0.5) is 10.2 Å². The van der Waals surface area contributed by atoms with Gasteiger partial charge in [0.1, 0.15) is 17.5 Å². The minimum absolute atomic E-state index is 0.0799. The highest BCUT2D eigenvalue weighted by atomic mass is 19.1. The van der Waals surface area contributed by atoms with Crippen LogP contribution in [0.15, 0.2) is 30.3 Å². The molecule has 2 aromatic rings. The number of nitrogens with one attached hydrogen (secondary N) is 1. The summed E-state index contributed by atoms with van der Waals surface area (Å²) >= 11 is 0. The topological polar surface area (TPSA) is 61.4 Å². The standard InChI is InChI=1S/C22H30FN5O/c1-24-20-14-18(25-22(26-20)19-7-5-13-27(19)2)15-28(3)21(29)8-4-6-16-9-11-17(23)12-10-16/h9-12,14,19H,4-8,13,15H2,1-3H3,(H,24,25,26). The number of hydrogen-bond acceptors (Lipinski definition) is 5. The third kappa shape index (κ3) is 5.73. The Hall–Kier alpha value is -2.54. The van der Waals surface area contributed by atoms with Crippen molar-refractivity contribution in [1.82, 2.24) is 19.8 Å². The molecular formula is C22H30FN5O. The molecule has 1 fully saturated rings. The number of rotatable bonds is 8. The molecule has 3 rings (SSSR count). The molecule has 0 saturated carbocycles. The number of anilines is 1. The van der Waals surface area contributed by atoms with Crippen molar-refractivity contribution in [3.05, 3.63) is 53.2 Å². The molecule has 156 valence electrons. The number of aromatic nitrogens is 2. The van der Waals surface area contributed by atoms with Gasteiger partial charge in [-0.3, -0.25) is 9.69 Å². The Morgan fingerprint density at radius 1 is 1.31 bits per heavy atom. The Bertz CT molecular complexity index is 826. The molecule has 0 radical (unpaired) electrons. The Morgan fingerprint density at radius 2 is 2.07 bits per heavy atom. The van der Waals surface area contributed by atoms with Crippen molar-refractivity contribution in [2.24, 2.45) is 0 Å². The zero-order chi connectivity index (χ0) is 20.8. The zero-order valence-electron chi connectivity index (χ0n) is 17.5. The molecule has 7 heteroatoms. The molecule has 1 saturated heterocycles. The molecule has 1 N–H and O–H groups in total. The molecule has 1 aromatic heterocycles. The lowest BCUT2D eigenvalue weighted by atomic mass is 10.1. The predicted octanol–water partition coefficient (Wildman–Crippen LogP) is 3.41. The molecule has 1 amide bonds. The van der Waals surface area contributed by atoms with Crippen molar-refractivity contribution in [2.75, 3.05) is 33.0 Å².